The summed E-state index contributed by atoms with van der Waals surface area (Å²) in [5.74, 6) is 0.607. The molecule has 0 unspecified atom stereocenters. The van der Waals surface area contributed by atoms with Gasteiger partial charge in [0.25, 0.3) is 5.69 Å². The fraction of sp³-hybridized carbons (Fsp3) is 0.333. The van der Waals surface area contributed by atoms with Crippen LogP contribution in [0.4, 0.5) is 16.4 Å². The minimum atomic E-state index is -0.921. The van der Waals surface area contributed by atoms with Gasteiger partial charge >= 0.3 is 6.09 Å². The van der Waals surface area contributed by atoms with Crippen molar-refractivity contribution in [2.75, 3.05) is 31.1 Å². The van der Waals surface area contributed by atoms with Crippen LogP contribution in [-0.2, 0) is 0 Å². The van der Waals surface area contributed by atoms with Crippen LogP contribution >= 0.6 is 0 Å². The largest absolute Gasteiger partial charge is 0.465 e. The van der Waals surface area contributed by atoms with E-state index in [1.165, 1.54) is 17.0 Å². The second-order valence-electron chi connectivity index (χ2n) is 4.78. The summed E-state index contributed by atoms with van der Waals surface area (Å²) in [6, 6.07) is 4.47. The van der Waals surface area contributed by atoms with Crippen molar-refractivity contribution in [2.24, 2.45) is 0 Å². The number of non-ortho nitro benzene ring substituents is 1. The molecule has 0 spiro atoms. The van der Waals surface area contributed by atoms with Crippen LogP contribution in [0.15, 0.2) is 18.2 Å². The van der Waals surface area contributed by atoms with Crippen LogP contribution in [0, 0.1) is 10.1 Å². The topological polar surface area (TPSA) is 116 Å². The number of H-pyrrole nitrogens is 1. The van der Waals surface area contributed by atoms with Gasteiger partial charge in [-0.1, -0.05) is 0 Å². The summed E-state index contributed by atoms with van der Waals surface area (Å²) in [6.07, 6.45) is -0.921. The van der Waals surface area contributed by atoms with Crippen LogP contribution in [0.25, 0.3) is 11.0 Å². The lowest BCUT2D eigenvalue weighted by atomic mass is 10.3. The smallest absolute Gasteiger partial charge is 0.407 e. The first-order chi connectivity index (χ1) is 10.0. The fourth-order valence-electron chi connectivity index (χ4n) is 2.35. The van der Waals surface area contributed by atoms with Crippen LogP contribution in [0.5, 0.6) is 0 Å². The Labute approximate surface area is 118 Å². The summed E-state index contributed by atoms with van der Waals surface area (Å²) in [5, 5.41) is 19.7. The van der Waals surface area contributed by atoms with Crippen LogP contribution in [-0.4, -0.2) is 57.2 Å². The van der Waals surface area contributed by atoms with Gasteiger partial charge in [-0.2, -0.15) is 0 Å². The van der Waals surface area contributed by atoms with Gasteiger partial charge in [-0.05, 0) is 6.07 Å². The van der Waals surface area contributed by atoms with Gasteiger partial charge in [-0.25, -0.2) is 9.78 Å². The highest BCUT2D eigenvalue weighted by Crippen LogP contribution is 2.22. The second kappa shape index (κ2) is 4.93. The minimum Gasteiger partial charge on any atom is -0.465 e. The van der Waals surface area contributed by atoms with Crippen molar-refractivity contribution in [3.8, 4) is 0 Å². The Kier molecular flexibility index (Phi) is 3.09. The first kappa shape index (κ1) is 13.2. The van der Waals surface area contributed by atoms with Gasteiger partial charge in [0.15, 0.2) is 0 Å². The Morgan fingerprint density at radius 3 is 2.67 bits per heavy atom. The summed E-state index contributed by atoms with van der Waals surface area (Å²) < 4.78 is 0. The predicted octanol–water partition coefficient (Wildman–Crippen LogP) is 1.27. The molecule has 9 nitrogen and oxygen atoms in total. The van der Waals surface area contributed by atoms with E-state index in [1.807, 2.05) is 4.90 Å². The number of imidazole rings is 1. The molecule has 1 aliphatic heterocycles. The Morgan fingerprint density at radius 2 is 2.05 bits per heavy atom. The summed E-state index contributed by atoms with van der Waals surface area (Å²) in [4.78, 5) is 31.9. The number of amides is 1. The fourth-order valence-corrected chi connectivity index (χ4v) is 2.35. The number of hydrogen-bond acceptors (Lipinski definition) is 5. The van der Waals surface area contributed by atoms with E-state index in [-0.39, 0.29) is 5.69 Å². The molecule has 1 amide bonds. The molecular weight excluding hydrogens is 278 g/mol. The number of hydrogen-bond donors (Lipinski definition) is 2. The third-order valence-electron chi connectivity index (χ3n) is 3.51. The van der Waals surface area contributed by atoms with E-state index in [4.69, 9.17) is 5.11 Å². The molecule has 1 aliphatic rings. The Hall–Kier alpha value is -2.84. The maximum atomic E-state index is 10.9. The quantitative estimate of drug-likeness (QED) is 0.636. The van der Waals surface area contributed by atoms with Crippen molar-refractivity contribution in [3.05, 3.63) is 28.3 Å². The van der Waals surface area contributed by atoms with Crippen molar-refractivity contribution >= 4 is 28.8 Å². The molecule has 21 heavy (non-hydrogen) atoms. The van der Waals surface area contributed by atoms with E-state index < -0.39 is 11.0 Å². The number of carboxylic acid groups (broad SMARTS) is 1. The van der Waals surface area contributed by atoms with Crippen molar-refractivity contribution in [3.63, 3.8) is 0 Å². The molecule has 2 aromatic rings. The molecule has 0 saturated carbocycles. The van der Waals surface area contributed by atoms with E-state index >= 15 is 0 Å². The summed E-state index contributed by atoms with van der Waals surface area (Å²) in [6.45, 7) is 1.89. The lowest BCUT2D eigenvalue weighted by Crippen LogP contribution is -2.48. The molecule has 1 aromatic heterocycles. The van der Waals surface area contributed by atoms with Crippen molar-refractivity contribution in [1.82, 2.24) is 14.9 Å². The maximum Gasteiger partial charge on any atom is 0.407 e. The van der Waals surface area contributed by atoms with Crippen molar-refractivity contribution < 1.29 is 14.8 Å². The van der Waals surface area contributed by atoms with E-state index in [0.29, 0.717) is 37.6 Å². The zero-order valence-corrected chi connectivity index (χ0v) is 11.0. The zero-order chi connectivity index (χ0) is 15.0. The lowest BCUT2D eigenvalue weighted by Gasteiger charge is -2.32. The number of rotatable bonds is 2. The van der Waals surface area contributed by atoms with Gasteiger partial charge in [-0.15, -0.1) is 0 Å². The molecule has 3 rings (SSSR count). The summed E-state index contributed by atoms with van der Waals surface area (Å²) in [5.41, 5.74) is 1.24. The van der Waals surface area contributed by atoms with Crippen LogP contribution < -0.4 is 4.90 Å². The lowest BCUT2D eigenvalue weighted by molar-refractivity contribution is -0.384. The Morgan fingerprint density at radius 1 is 1.33 bits per heavy atom. The average Bonchev–Trinajstić information content (AvgIpc) is 2.90. The molecule has 0 radical (unpaired) electrons. The molecule has 9 heteroatoms. The van der Waals surface area contributed by atoms with E-state index in [9.17, 15) is 14.9 Å². The van der Waals surface area contributed by atoms with Gasteiger partial charge in [0.1, 0.15) is 0 Å². The number of nitro groups is 1. The molecule has 110 valence electrons. The van der Waals surface area contributed by atoms with Crippen molar-refractivity contribution in [2.45, 2.75) is 0 Å². The molecule has 0 bridgehead atoms. The number of piperazine rings is 1. The number of benzene rings is 1. The van der Waals surface area contributed by atoms with Gasteiger partial charge in [0.2, 0.25) is 5.95 Å². The Bertz CT molecular complexity index is 705. The molecule has 1 saturated heterocycles. The number of carbonyl (C=O) groups is 1. The van der Waals surface area contributed by atoms with Gasteiger partial charge in [0.05, 0.1) is 16.0 Å². The summed E-state index contributed by atoms with van der Waals surface area (Å²) >= 11 is 0. The van der Waals surface area contributed by atoms with E-state index in [0.717, 1.165) is 5.52 Å². The SMILES string of the molecule is O=C(O)N1CCN(c2nc3cc([N+](=O)[O-])ccc3[nH]2)CC1. The number of aromatic amines is 1. The van der Waals surface area contributed by atoms with Crippen LogP contribution in [0.3, 0.4) is 0 Å². The highest BCUT2D eigenvalue weighted by atomic mass is 16.6. The molecule has 2 N–H and O–H groups in total. The maximum absolute atomic E-state index is 10.9. The summed E-state index contributed by atoms with van der Waals surface area (Å²) in [7, 11) is 0. The van der Waals surface area contributed by atoms with Gasteiger partial charge in [0, 0.05) is 38.3 Å². The highest BCUT2D eigenvalue weighted by Gasteiger charge is 2.22. The third kappa shape index (κ3) is 2.45. The average molecular weight is 291 g/mol. The van der Waals surface area contributed by atoms with Crippen LogP contribution in [0.2, 0.25) is 0 Å². The van der Waals surface area contributed by atoms with E-state index in [1.54, 1.807) is 6.07 Å². The minimum absolute atomic E-state index is 0.00348. The molecular formula is C12H13N5O4. The highest BCUT2D eigenvalue weighted by molar-refractivity contribution is 5.80. The first-order valence-electron chi connectivity index (χ1n) is 6.41. The van der Waals surface area contributed by atoms with Crippen molar-refractivity contribution in [1.29, 1.82) is 0 Å². The molecule has 2 heterocycles. The molecule has 0 atom stereocenters. The number of anilines is 1. The number of fused-ring (bicyclic) bond motifs is 1. The van der Waals surface area contributed by atoms with Gasteiger partial charge in [-0.3, -0.25) is 10.1 Å². The predicted molar refractivity (Wildman–Crippen MR) is 74.6 cm³/mol. The molecule has 1 aromatic carbocycles. The number of nitro benzene ring substituents is 1. The monoisotopic (exact) mass is 291 g/mol. The molecule has 1 fully saturated rings. The second-order valence-corrected chi connectivity index (χ2v) is 4.78. The molecule has 0 aliphatic carbocycles. The first-order valence-corrected chi connectivity index (χ1v) is 6.41. The number of nitrogens with zero attached hydrogens (tertiary/aromatic N) is 4. The zero-order valence-electron chi connectivity index (χ0n) is 11.0. The third-order valence-corrected chi connectivity index (χ3v) is 3.51. The number of nitrogens with one attached hydrogen (secondary N) is 1. The normalized spacial score (nSPS) is 15.4. The van der Waals surface area contributed by atoms with Gasteiger partial charge < -0.3 is 19.9 Å². The van der Waals surface area contributed by atoms with E-state index in [2.05, 4.69) is 9.97 Å². The number of aromatic nitrogens is 2. The standard InChI is InChI=1S/C12H13N5O4/c18-12(19)16-5-3-15(4-6-16)11-13-9-2-1-8(17(20)21)7-10(9)14-11/h1-2,7H,3-6H2,(H,13,14)(H,18,19). The Balaban J connectivity index is 1.82. The van der Waals surface area contributed by atoms with Crippen LogP contribution in [0.1, 0.15) is 0 Å².